The van der Waals surface area contributed by atoms with E-state index in [-0.39, 0.29) is 22.5 Å². The van der Waals surface area contributed by atoms with Gasteiger partial charge in [0.15, 0.2) is 5.78 Å². The van der Waals surface area contributed by atoms with E-state index in [0.29, 0.717) is 10.6 Å². The molecule has 0 radical (unpaired) electrons. The molecule has 0 bridgehead atoms. The highest BCUT2D eigenvalue weighted by molar-refractivity contribution is 7.18. The summed E-state index contributed by atoms with van der Waals surface area (Å²) in [6, 6.07) is 3.70. The lowest BCUT2D eigenvalue weighted by atomic mass is 10.0. The number of rotatable bonds is 6. The molecule has 0 fully saturated rings. The third-order valence-corrected chi connectivity index (χ3v) is 4.01. The number of carbonyl (C=O) groups excluding carboxylic acids is 1. The number of anilines is 2. The first kappa shape index (κ1) is 16.2. The Morgan fingerprint density at radius 1 is 1.45 bits per heavy atom. The van der Waals surface area contributed by atoms with E-state index in [4.69, 9.17) is 17.3 Å². The fourth-order valence-corrected chi connectivity index (χ4v) is 2.44. The highest BCUT2D eigenvalue weighted by atomic mass is 35.5. The number of benzene rings is 1. The van der Waals surface area contributed by atoms with Crippen LogP contribution in [0.5, 0.6) is 0 Å². The van der Waals surface area contributed by atoms with Gasteiger partial charge in [0, 0.05) is 17.0 Å². The second-order valence-corrected chi connectivity index (χ2v) is 5.99. The van der Waals surface area contributed by atoms with Gasteiger partial charge in [-0.15, -0.1) is 10.2 Å². The van der Waals surface area contributed by atoms with Gasteiger partial charge >= 0.3 is 5.97 Å². The van der Waals surface area contributed by atoms with E-state index in [2.05, 4.69) is 15.5 Å². The Morgan fingerprint density at radius 2 is 2.18 bits per heavy atom. The van der Waals surface area contributed by atoms with Gasteiger partial charge in [-0.25, -0.2) is 4.79 Å². The molecule has 116 valence electrons. The van der Waals surface area contributed by atoms with Crippen LogP contribution in [0.2, 0.25) is 5.02 Å². The lowest BCUT2D eigenvalue weighted by molar-refractivity contribution is -0.137. The zero-order chi connectivity index (χ0) is 16.3. The molecule has 0 saturated carbocycles. The summed E-state index contributed by atoms with van der Waals surface area (Å²) < 4.78 is 0. The van der Waals surface area contributed by atoms with Gasteiger partial charge in [0.25, 0.3) is 0 Å². The van der Waals surface area contributed by atoms with Crippen LogP contribution in [0.4, 0.5) is 10.3 Å². The van der Waals surface area contributed by atoms with E-state index in [0.717, 1.165) is 16.9 Å². The molecule has 0 saturated heterocycles. The number of ketones is 1. The van der Waals surface area contributed by atoms with Crippen LogP contribution in [-0.4, -0.2) is 33.1 Å². The number of halogens is 1. The zero-order valence-corrected chi connectivity index (χ0v) is 13.1. The first-order chi connectivity index (χ1) is 10.4. The van der Waals surface area contributed by atoms with Gasteiger partial charge in [-0.1, -0.05) is 22.9 Å². The number of carboxylic acid groups (broad SMARTS) is 1. The quantitative estimate of drug-likeness (QED) is 0.690. The van der Waals surface area contributed by atoms with E-state index in [1.807, 2.05) is 0 Å². The number of aromatic nitrogens is 2. The summed E-state index contributed by atoms with van der Waals surface area (Å²) in [6.07, 6.45) is -0.226. The molecule has 0 spiro atoms. The van der Waals surface area contributed by atoms with Crippen molar-refractivity contribution in [1.29, 1.82) is 0 Å². The average molecular weight is 341 g/mol. The van der Waals surface area contributed by atoms with E-state index in [1.165, 1.54) is 0 Å². The van der Waals surface area contributed by atoms with Crippen LogP contribution in [0.15, 0.2) is 18.2 Å². The Hall–Kier alpha value is -2.19. The van der Waals surface area contributed by atoms with Crippen LogP contribution in [0.25, 0.3) is 0 Å². The van der Waals surface area contributed by atoms with Crippen LogP contribution in [0, 0.1) is 6.92 Å². The third kappa shape index (κ3) is 3.92. The van der Waals surface area contributed by atoms with Crippen molar-refractivity contribution in [2.45, 2.75) is 19.4 Å². The topological polar surface area (TPSA) is 118 Å². The van der Waals surface area contributed by atoms with Gasteiger partial charge in [-0.05, 0) is 30.7 Å². The number of carboxylic acids is 1. The van der Waals surface area contributed by atoms with Crippen molar-refractivity contribution in [1.82, 2.24) is 10.2 Å². The fraction of sp³-hybridized carbons (Fsp3) is 0.231. The zero-order valence-electron chi connectivity index (χ0n) is 11.5. The van der Waals surface area contributed by atoms with Crippen molar-refractivity contribution < 1.29 is 14.7 Å². The normalized spacial score (nSPS) is 11.9. The highest BCUT2D eigenvalue weighted by Gasteiger charge is 2.23. The number of hydrogen-bond acceptors (Lipinski definition) is 7. The maximum atomic E-state index is 12.2. The molecule has 0 amide bonds. The number of aliphatic carboxylic acids is 1. The van der Waals surface area contributed by atoms with Crippen LogP contribution in [0.3, 0.4) is 0 Å². The van der Waals surface area contributed by atoms with Crippen molar-refractivity contribution in [3.63, 3.8) is 0 Å². The molecule has 1 atom stereocenters. The molecule has 0 aliphatic heterocycles. The van der Waals surface area contributed by atoms with Gasteiger partial charge < -0.3 is 16.2 Å². The molecule has 1 aromatic carbocycles. The van der Waals surface area contributed by atoms with Crippen molar-refractivity contribution in [3.05, 3.63) is 34.3 Å². The summed E-state index contributed by atoms with van der Waals surface area (Å²) in [5.41, 5.74) is 6.59. The Labute approximate surface area is 135 Å². The van der Waals surface area contributed by atoms with Crippen LogP contribution in [-0.2, 0) is 4.79 Å². The SMILES string of the molecule is Cc1cc(C(=O)CC(Nc2nnc(N)s2)C(=O)O)ccc1Cl. The molecule has 22 heavy (non-hydrogen) atoms. The Balaban J connectivity index is 2.11. The Kier molecular flexibility index (Phi) is 4.94. The molecule has 2 rings (SSSR count). The summed E-state index contributed by atoms with van der Waals surface area (Å²) in [4.78, 5) is 23.5. The molecule has 2 aromatic rings. The minimum atomic E-state index is -1.16. The molecule has 4 N–H and O–H groups in total. The average Bonchev–Trinajstić information content (AvgIpc) is 2.86. The molecular weight excluding hydrogens is 328 g/mol. The van der Waals surface area contributed by atoms with Crippen LogP contribution in [0.1, 0.15) is 22.3 Å². The predicted octanol–water partition coefficient (Wildman–Crippen LogP) is 2.22. The van der Waals surface area contributed by atoms with Crippen molar-refractivity contribution in [2.24, 2.45) is 0 Å². The lowest BCUT2D eigenvalue weighted by Crippen LogP contribution is -2.31. The first-order valence-corrected chi connectivity index (χ1v) is 7.44. The summed E-state index contributed by atoms with van der Waals surface area (Å²) in [5, 5.41) is 20.2. The van der Waals surface area contributed by atoms with Gasteiger partial charge in [-0.3, -0.25) is 4.79 Å². The van der Waals surface area contributed by atoms with Gasteiger partial charge in [0.2, 0.25) is 10.3 Å². The van der Waals surface area contributed by atoms with Gasteiger partial charge in [0.1, 0.15) is 6.04 Å². The number of carbonyl (C=O) groups is 2. The number of hydrogen-bond donors (Lipinski definition) is 3. The number of aryl methyl sites for hydroxylation is 1. The summed E-state index contributed by atoms with van der Waals surface area (Å²) >= 11 is 6.92. The second-order valence-electron chi connectivity index (χ2n) is 4.57. The standard InChI is InChI=1S/C13H13ClN4O3S/c1-6-4-7(2-3-8(6)14)10(19)5-9(11(20)21)16-13-18-17-12(15)22-13/h2-4,9H,5H2,1H3,(H2,15,17)(H,16,18)(H,20,21). The first-order valence-electron chi connectivity index (χ1n) is 6.24. The smallest absolute Gasteiger partial charge is 0.326 e. The molecule has 1 aromatic heterocycles. The van der Waals surface area contributed by atoms with Gasteiger partial charge in [-0.2, -0.15) is 0 Å². The lowest BCUT2D eigenvalue weighted by Gasteiger charge is -2.12. The number of Topliss-reactive ketones (excluding diaryl/α,β-unsaturated/α-hetero) is 1. The fourth-order valence-electron chi connectivity index (χ4n) is 1.76. The Bertz CT molecular complexity index is 719. The van der Waals surface area contributed by atoms with Crippen molar-refractivity contribution in [2.75, 3.05) is 11.1 Å². The Morgan fingerprint density at radius 3 is 2.73 bits per heavy atom. The maximum Gasteiger partial charge on any atom is 0.326 e. The number of nitrogen functional groups attached to an aromatic ring is 1. The summed E-state index contributed by atoms with van der Waals surface area (Å²) in [6.45, 7) is 1.77. The van der Waals surface area contributed by atoms with Crippen LogP contribution < -0.4 is 11.1 Å². The second kappa shape index (κ2) is 6.71. The minimum absolute atomic E-state index is 0.214. The summed E-state index contributed by atoms with van der Waals surface area (Å²) in [7, 11) is 0. The summed E-state index contributed by atoms with van der Waals surface area (Å²) in [5.74, 6) is -1.47. The molecule has 7 nitrogen and oxygen atoms in total. The van der Waals surface area contributed by atoms with E-state index < -0.39 is 12.0 Å². The minimum Gasteiger partial charge on any atom is -0.480 e. The van der Waals surface area contributed by atoms with E-state index in [1.54, 1.807) is 25.1 Å². The molecule has 9 heteroatoms. The third-order valence-electron chi connectivity index (χ3n) is 2.91. The predicted molar refractivity (Wildman–Crippen MR) is 84.5 cm³/mol. The van der Waals surface area contributed by atoms with Gasteiger partial charge in [0.05, 0.1) is 0 Å². The number of nitrogens with one attached hydrogen (secondary N) is 1. The molecule has 0 aliphatic carbocycles. The number of nitrogens with zero attached hydrogens (tertiary/aromatic N) is 2. The number of nitrogens with two attached hydrogens (primary N) is 1. The molecule has 0 aliphatic rings. The largest absolute Gasteiger partial charge is 0.480 e. The van der Waals surface area contributed by atoms with Crippen molar-refractivity contribution in [3.8, 4) is 0 Å². The van der Waals surface area contributed by atoms with E-state index >= 15 is 0 Å². The molecule has 1 unspecified atom stereocenters. The van der Waals surface area contributed by atoms with Crippen LogP contribution >= 0.6 is 22.9 Å². The van der Waals surface area contributed by atoms with Crippen molar-refractivity contribution >= 4 is 45.0 Å². The molecule has 1 heterocycles. The van der Waals surface area contributed by atoms with E-state index in [9.17, 15) is 14.7 Å². The maximum absolute atomic E-state index is 12.2. The highest BCUT2D eigenvalue weighted by Crippen LogP contribution is 2.20. The monoisotopic (exact) mass is 340 g/mol. The molecular formula is C13H13ClN4O3S.